The second-order valence-electron chi connectivity index (χ2n) is 10.9. The van der Waals surface area contributed by atoms with E-state index in [0.29, 0.717) is 0 Å². The third-order valence-corrected chi connectivity index (χ3v) is 14.8. The molecule has 0 aliphatic rings. The Hall–Kier alpha value is -1.20. The minimum absolute atomic E-state index is 1.00. The van der Waals surface area contributed by atoms with E-state index in [-0.39, 0.29) is 0 Å². The van der Waals surface area contributed by atoms with Crippen molar-refractivity contribution in [3.8, 4) is 40.4 Å². The Balaban J connectivity index is 1.22. The molecule has 0 aliphatic heterocycles. The molecule has 9 heteroatoms. The number of benzene rings is 1. The average molecular weight is 791 g/mol. The highest BCUT2D eigenvalue weighted by Crippen LogP contribution is 2.46. The Labute approximate surface area is 291 Å². The topological polar surface area (TPSA) is 25.8 Å². The normalized spacial score (nSPS) is 11.7. The Kier molecular flexibility index (Phi) is 11.0. The first-order valence-corrected chi connectivity index (χ1v) is 20.7. The van der Waals surface area contributed by atoms with Gasteiger partial charge < -0.3 is 0 Å². The van der Waals surface area contributed by atoms with Crippen molar-refractivity contribution < 1.29 is 0 Å². The molecule has 0 saturated carbocycles. The first-order chi connectivity index (χ1) is 21.1. The molecule has 0 saturated heterocycles. The van der Waals surface area contributed by atoms with E-state index in [1.807, 2.05) is 45.3 Å². The zero-order valence-corrected chi connectivity index (χ0v) is 31.6. The fourth-order valence-corrected chi connectivity index (χ4v) is 11.7. The van der Waals surface area contributed by atoms with E-state index in [1.165, 1.54) is 122 Å². The highest BCUT2D eigenvalue weighted by Gasteiger charge is 2.18. The number of aromatic nitrogens is 2. The third kappa shape index (κ3) is 7.29. The van der Waals surface area contributed by atoms with E-state index in [4.69, 9.17) is 8.75 Å². The molecule has 0 aliphatic carbocycles. The van der Waals surface area contributed by atoms with Gasteiger partial charge in [0, 0.05) is 40.4 Å². The van der Waals surface area contributed by atoms with Gasteiger partial charge in [-0.2, -0.15) is 8.75 Å². The summed E-state index contributed by atoms with van der Waals surface area (Å²) >= 11 is 16.4. The number of nitrogens with zero attached hydrogens (tertiary/aromatic N) is 2. The Morgan fingerprint density at radius 2 is 0.953 bits per heavy atom. The number of halogens is 2. The summed E-state index contributed by atoms with van der Waals surface area (Å²) in [4.78, 5) is 7.80. The largest absolute Gasteiger partial charge is 0.172 e. The maximum atomic E-state index is 4.78. The molecule has 0 N–H and O–H groups in total. The van der Waals surface area contributed by atoms with Gasteiger partial charge in [-0.1, -0.05) is 64.5 Å². The van der Waals surface area contributed by atoms with Crippen LogP contribution in [0.2, 0.25) is 0 Å². The Morgan fingerprint density at radius 3 is 1.40 bits per heavy atom. The molecule has 0 fully saturated rings. The smallest absolute Gasteiger partial charge is 0.114 e. The molecular formula is C34H34Br2N2S5. The van der Waals surface area contributed by atoms with Crippen LogP contribution in [-0.2, 0) is 12.8 Å². The first-order valence-electron chi connectivity index (χ1n) is 15.1. The van der Waals surface area contributed by atoms with Crippen LogP contribution >= 0.6 is 88.9 Å². The van der Waals surface area contributed by atoms with Crippen LogP contribution in [0.25, 0.3) is 51.4 Å². The standard InChI is InChI=1S/C34H34Br2N2S5/c1-3-5-7-9-11-21-19-29(41-33(21)35)27-17-15-25(39-27)23-13-14-24(32-31(23)37-43-38-32)26-16-18-28(40-26)30-20-22(34(36)42-30)12-10-8-6-4-2/h13-20H,3-12H2,1-2H3. The molecule has 5 aromatic heterocycles. The van der Waals surface area contributed by atoms with Crippen molar-refractivity contribution in [2.45, 2.75) is 78.1 Å². The molecule has 1 aromatic carbocycles. The molecule has 0 atom stereocenters. The second-order valence-corrected chi connectivity index (χ2v) is 18.3. The minimum atomic E-state index is 1.00. The maximum absolute atomic E-state index is 4.78. The average Bonchev–Trinajstić information content (AvgIpc) is 3.84. The van der Waals surface area contributed by atoms with Crippen LogP contribution in [0.15, 0.2) is 56.1 Å². The van der Waals surface area contributed by atoms with Gasteiger partial charge in [-0.25, -0.2) is 0 Å². The predicted octanol–water partition coefficient (Wildman–Crippen LogP) is 14.4. The van der Waals surface area contributed by atoms with Crippen LogP contribution in [0.4, 0.5) is 0 Å². The summed E-state index contributed by atoms with van der Waals surface area (Å²) in [7, 11) is 0. The lowest BCUT2D eigenvalue weighted by Gasteiger charge is -2.03. The zero-order valence-electron chi connectivity index (χ0n) is 24.4. The molecule has 6 rings (SSSR count). The molecule has 0 unspecified atom stereocenters. The van der Waals surface area contributed by atoms with Gasteiger partial charge in [-0.3, -0.25) is 0 Å². The van der Waals surface area contributed by atoms with Gasteiger partial charge in [0.2, 0.25) is 0 Å². The zero-order chi connectivity index (χ0) is 29.8. The summed E-state index contributed by atoms with van der Waals surface area (Å²) in [6.45, 7) is 4.54. The van der Waals surface area contributed by atoms with E-state index in [9.17, 15) is 0 Å². The third-order valence-electron chi connectivity index (χ3n) is 7.76. The van der Waals surface area contributed by atoms with Crippen molar-refractivity contribution in [1.82, 2.24) is 8.75 Å². The van der Waals surface area contributed by atoms with Gasteiger partial charge in [0.15, 0.2) is 0 Å². The van der Waals surface area contributed by atoms with Gasteiger partial charge in [0.05, 0.1) is 19.3 Å². The summed E-state index contributed by atoms with van der Waals surface area (Å²) in [5.74, 6) is 0. The van der Waals surface area contributed by atoms with Crippen LogP contribution < -0.4 is 0 Å². The molecule has 0 radical (unpaired) electrons. The number of hydrogen-bond donors (Lipinski definition) is 0. The van der Waals surface area contributed by atoms with Crippen LogP contribution in [0.1, 0.15) is 76.3 Å². The number of unbranched alkanes of at least 4 members (excludes halogenated alkanes) is 6. The molecule has 2 nitrogen and oxygen atoms in total. The summed E-state index contributed by atoms with van der Waals surface area (Å²) in [6, 6.07) is 18.3. The Morgan fingerprint density at radius 1 is 0.512 bits per heavy atom. The van der Waals surface area contributed by atoms with Gasteiger partial charge in [0.1, 0.15) is 11.0 Å². The van der Waals surface area contributed by atoms with E-state index >= 15 is 0 Å². The van der Waals surface area contributed by atoms with Crippen LogP contribution in [0.5, 0.6) is 0 Å². The Bertz CT molecular complexity index is 1680. The van der Waals surface area contributed by atoms with Gasteiger partial charge in [-0.05, 0) is 105 Å². The van der Waals surface area contributed by atoms with Crippen molar-refractivity contribution in [1.29, 1.82) is 0 Å². The van der Waals surface area contributed by atoms with Crippen LogP contribution in [0, 0.1) is 0 Å². The molecule has 43 heavy (non-hydrogen) atoms. The van der Waals surface area contributed by atoms with E-state index in [2.05, 4.69) is 94.2 Å². The minimum Gasteiger partial charge on any atom is -0.172 e. The van der Waals surface area contributed by atoms with Crippen molar-refractivity contribution in [3.05, 3.63) is 67.2 Å². The van der Waals surface area contributed by atoms with Gasteiger partial charge in [0.25, 0.3) is 0 Å². The molecule has 6 aromatic rings. The van der Waals surface area contributed by atoms with Crippen LogP contribution in [-0.4, -0.2) is 8.75 Å². The molecule has 224 valence electrons. The lowest BCUT2D eigenvalue weighted by atomic mass is 10.1. The highest BCUT2D eigenvalue weighted by atomic mass is 79.9. The SMILES string of the molecule is CCCCCCc1cc(-c2ccc(-c3ccc(-c4ccc(-c5cc(CCCCCC)c(Br)s5)s4)c4nsnc34)s2)sc1Br. The van der Waals surface area contributed by atoms with E-state index in [0.717, 1.165) is 23.9 Å². The highest BCUT2D eigenvalue weighted by molar-refractivity contribution is 9.11. The van der Waals surface area contributed by atoms with Gasteiger partial charge in [-0.15, -0.1) is 45.3 Å². The van der Waals surface area contributed by atoms with Crippen molar-refractivity contribution in [2.24, 2.45) is 0 Å². The predicted molar refractivity (Wildman–Crippen MR) is 202 cm³/mol. The summed E-state index contributed by atoms with van der Waals surface area (Å²) < 4.78 is 12.1. The summed E-state index contributed by atoms with van der Waals surface area (Å²) in [5, 5.41) is 0. The van der Waals surface area contributed by atoms with Crippen LogP contribution in [0.3, 0.4) is 0 Å². The molecule has 0 bridgehead atoms. The van der Waals surface area contributed by atoms with E-state index in [1.54, 1.807) is 0 Å². The quantitative estimate of drug-likeness (QED) is 0.103. The molecule has 0 spiro atoms. The fourth-order valence-electron chi connectivity index (χ4n) is 5.38. The fraction of sp³-hybridized carbons (Fsp3) is 0.353. The summed E-state index contributed by atoms with van der Waals surface area (Å²) in [6.07, 6.45) is 12.6. The number of aryl methyl sites for hydroxylation is 2. The summed E-state index contributed by atoms with van der Waals surface area (Å²) in [5.41, 5.74) is 7.23. The number of fused-ring (bicyclic) bond motifs is 1. The van der Waals surface area contributed by atoms with E-state index < -0.39 is 0 Å². The first kappa shape index (κ1) is 31.8. The number of hydrogen-bond acceptors (Lipinski definition) is 7. The van der Waals surface area contributed by atoms with Crippen molar-refractivity contribution in [2.75, 3.05) is 0 Å². The second kappa shape index (κ2) is 14.9. The van der Waals surface area contributed by atoms with Gasteiger partial charge >= 0.3 is 0 Å². The van der Waals surface area contributed by atoms with Crippen molar-refractivity contribution in [3.63, 3.8) is 0 Å². The maximum Gasteiger partial charge on any atom is 0.114 e. The molecular weight excluding hydrogens is 757 g/mol. The lowest BCUT2D eigenvalue weighted by Crippen LogP contribution is -1.83. The molecule has 0 amide bonds. The number of rotatable bonds is 14. The number of thiophene rings is 4. The monoisotopic (exact) mass is 788 g/mol. The molecule has 5 heterocycles. The lowest BCUT2D eigenvalue weighted by molar-refractivity contribution is 0.667. The van der Waals surface area contributed by atoms with Crippen molar-refractivity contribution >= 4 is 100.0 Å².